The van der Waals surface area contributed by atoms with Crippen molar-refractivity contribution in [1.29, 1.82) is 0 Å². The van der Waals surface area contributed by atoms with Gasteiger partial charge in [-0.3, -0.25) is 0 Å². The van der Waals surface area contributed by atoms with Gasteiger partial charge in [-0.1, -0.05) is 24.3 Å². The summed E-state index contributed by atoms with van der Waals surface area (Å²) in [6, 6.07) is 13.8. The van der Waals surface area contributed by atoms with Crippen LogP contribution in [0.15, 0.2) is 42.5 Å². The van der Waals surface area contributed by atoms with Gasteiger partial charge in [0.15, 0.2) is 5.82 Å². The number of nitrogens with two attached hydrogens (primary N) is 1. The Balaban J connectivity index is 2.27. The average molecular weight is 265 g/mol. The van der Waals surface area contributed by atoms with Crippen LogP contribution in [0.25, 0.3) is 22.0 Å². The normalized spacial score (nSPS) is 10.7. The number of hydrogen-bond donors (Lipinski definition) is 1. The molecular formula is C16H15N3O. The zero-order valence-electron chi connectivity index (χ0n) is 11.4. The van der Waals surface area contributed by atoms with Gasteiger partial charge in [0.25, 0.3) is 0 Å². The van der Waals surface area contributed by atoms with E-state index in [9.17, 15) is 0 Å². The van der Waals surface area contributed by atoms with Crippen molar-refractivity contribution < 1.29 is 4.74 Å². The highest BCUT2D eigenvalue weighted by atomic mass is 16.5. The molecule has 0 radical (unpaired) electrons. The van der Waals surface area contributed by atoms with Gasteiger partial charge in [-0.05, 0) is 30.7 Å². The van der Waals surface area contributed by atoms with E-state index >= 15 is 0 Å². The fraction of sp³-hybridized carbons (Fsp3) is 0.125. The number of anilines is 1. The summed E-state index contributed by atoms with van der Waals surface area (Å²) in [6.45, 7) is 2.03. The SMILES string of the molecule is COc1ccc(-c2nnc(N)c3ccccc23)c(C)c1. The molecule has 0 amide bonds. The molecule has 0 saturated heterocycles. The predicted octanol–water partition coefficient (Wildman–Crippen LogP) is 3.20. The standard InChI is InChI=1S/C16H15N3O/c1-10-9-11(20-2)7-8-12(10)15-13-5-3-4-6-14(13)16(17)19-18-15/h3-9H,1-2H3,(H2,17,19). The molecule has 100 valence electrons. The molecule has 0 aliphatic rings. The van der Waals surface area contributed by atoms with E-state index < -0.39 is 0 Å². The highest BCUT2D eigenvalue weighted by Gasteiger charge is 2.11. The van der Waals surface area contributed by atoms with Gasteiger partial charge in [0.1, 0.15) is 11.4 Å². The number of nitrogen functional groups attached to an aromatic ring is 1. The number of aromatic nitrogens is 2. The van der Waals surface area contributed by atoms with Crippen LogP contribution in [0.3, 0.4) is 0 Å². The van der Waals surface area contributed by atoms with Gasteiger partial charge in [0.05, 0.1) is 7.11 Å². The van der Waals surface area contributed by atoms with E-state index in [1.807, 2.05) is 49.4 Å². The number of aryl methyl sites for hydroxylation is 1. The fourth-order valence-corrected chi connectivity index (χ4v) is 2.35. The van der Waals surface area contributed by atoms with Crippen molar-refractivity contribution in [3.63, 3.8) is 0 Å². The summed E-state index contributed by atoms with van der Waals surface area (Å²) in [7, 11) is 1.66. The smallest absolute Gasteiger partial charge is 0.154 e. The third-order valence-electron chi connectivity index (χ3n) is 3.40. The molecule has 0 bridgehead atoms. The average Bonchev–Trinajstić information content (AvgIpc) is 2.48. The number of benzene rings is 2. The number of methoxy groups -OCH3 is 1. The van der Waals surface area contributed by atoms with Crippen molar-refractivity contribution >= 4 is 16.6 Å². The van der Waals surface area contributed by atoms with Crippen molar-refractivity contribution in [2.45, 2.75) is 6.92 Å². The number of ether oxygens (including phenoxy) is 1. The molecular weight excluding hydrogens is 250 g/mol. The van der Waals surface area contributed by atoms with E-state index in [1.165, 1.54) is 0 Å². The minimum absolute atomic E-state index is 0.454. The first kappa shape index (κ1) is 12.4. The van der Waals surface area contributed by atoms with Crippen molar-refractivity contribution in [3.05, 3.63) is 48.0 Å². The first-order chi connectivity index (χ1) is 9.70. The zero-order chi connectivity index (χ0) is 14.1. The van der Waals surface area contributed by atoms with Gasteiger partial charge in [-0.2, -0.15) is 0 Å². The lowest BCUT2D eigenvalue weighted by molar-refractivity contribution is 0.414. The maximum atomic E-state index is 5.89. The third kappa shape index (κ3) is 1.95. The van der Waals surface area contributed by atoms with Gasteiger partial charge in [-0.15, -0.1) is 10.2 Å². The van der Waals surface area contributed by atoms with Gasteiger partial charge in [-0.25, -0.2) is 0 Å². The van der Waals surface area contributed by atoms with Gasteiger partial charge in [0, 0.05) is 16.3 Å². The molecule has 4 nitrogen and oxygen atoms in total. The predicted molar refractivity (Wildman–Crippen MR) is 80.7 cm³/mol. The Labute approximate surface area is 117 Å². The molecule has 4 heteroatoms. The second-order valence-corrected chi connectivity index (χ2v) is 4.66. The summed E-state index contributed by atoms with van der Waals surface area (Å²) in [6.07, 6.45) is 0. The Morgan fingerprint density at radius 3 is 2.45 bits per heavy atom. The van der Waals surface area contributed by atoms with Crippen molar-refractivity contribution in [3.8, 4) is 17.0 Å². The van der Waals surface area contributed by atoms with Gasteiger partial charge in [0.2, 0.25) is 0 Å². The van der Waals surface area contributed by atoms with Crippen molar-refractivity contribution in [2.75, 3.05) is 12.8 Å². The second kappa shape index (κ2) is 4.81. The number of rotatable bonds is 2. The maximum Gasteiger partial charge on any atom is 0.154 e. The van der Waals surface area contributed by atoms with Crippen molar-refractivity contribution in [1.82, 2.24) is 10.2 Å². The summed E-state index contributed by atoms with van der Waals surface area (Å²) in [5.74, 6) is 1.29. The summed E-state index contributed by atoms with van der Waals surface area (Å²) in [5, 5.41) is 10.3. The largest absolute Gasteiger partial charge is 0.497 e. The Morgan fingerprint density at radius 2 is 1.75 bits per heavy atom. The lowest BCUT2D eigenvalue weighted by Crippen LogP contribution is -1.98. The van der Waals surface area contributed by atoms with Crippen LogP contribution in [-0.2, 0) is 0 Å². The van der Waals surface area contributed by atoms with E-state index in [-0.39, 0.29) is 0 Å². The van der Waals surface area contributed by atoms with Gasteiger partial charge >= 0.3 is 0 Å². The molecule has 0 atom stereocenters. The molecule has 0 fully saturated rings. The van der Waals surface area contributed by atoms with E-state index in [0.717, 1.165) is 33.3 Å². The molecule has 0 spiro atoms. The highest BCUT2D eigenvalue weighted by molar-refractivity contribution is 5.99. The van der Waals surface area contributed by atoms with E-state index in [4.69, 9.17) is 10.5 Å². The van der Waals surface area contributed by atoms with Crippen molar-refractivity contribution in [2.24, 2.45) is 0 Å². The summed E-state index contributed by atoms with van der Waals surface area (Å²) in [5.41, 5.74) is 8.86. The molecule has 1 heterocycles. The molecule has 0 aliphatic carbocycles. The van der Waals surface area contributed by atoms with Gasteiger partial charge < -0.3 is 10.5 Å². The van der Waals surface area contributed by atoms with Crippen LogP contribution in [0.4, 0.5) is 5.82 Å². The molecule has 0 aliphatic heterocycles. The Morgan fingerprint density at radius 1 is 1.00 bits per heavy atom. The summed E-state index contributed by atoms with van der Waals surface area (Å²) >= 11 is 0. The van der Waals surface area contributed by atoms with Crippen LogP contribution in [0.5, 0.6) is 5.75 Å². The third-order valence-corrected chi connectivity index (χ3v) is 3.40. The van der Waals surface area contributed by atoms with Crippen LogP contribution in [0.1, 0.15) is 5.56 Å². The molecule has 1 aromatic heterocycles. The molecule has 3 aromatic rings. The monoisotopic (exact) mass is 265 g/mol. The van der Waals surface area contributed by atoms with Crippen LogP contribution in [0, 0.1) is 6.92 Å². The molecule has 2 aromatic carbocycles. The number of hydrogen-bond acceptors (Lipinski definition) is 4. The summed E-state index contributed by atoms with van der Waals surface area (Å²) < 4.78 is 5.24. The lowest BCUT2D eigenvalue weighted by atomic mass is 10.0. The van der Waals surface area contributed by atoms with Crippen LogP contribution in [0.2, 0.25) is 0 Å². The van der Waals surface area contributed by atoms with E-state index in [2.05, 4.69) is 10.2 Å². The summed E-state index contributed by atoms with van der Waals surface area (Å²) in [4.78, 5) is 0. The zero-order valence-corrected chi connectivity index (χ0v) is 11.4. The van der Waals surface area contributed by atoms with E-state index in [0.29, 0.717) is 5.82 Å². The molecule has 20 heavy (non-hydrogen) atoms. The molecule has 0 saturated carbocycles. The Kier molecular flexibility index (Phi) is 2.99. The molecule has 0 unspecified atom stereocenters. The number of fused-ring (bicyclic) bond motifs is 1. The quantitative estimate of drug-likeness (QED) is 0.773. The Hall–Kier alpha value is -2.62. The minimum atomic E-state index is 0.454. The first-order valence-corrected chi connectivity index (χ1v) is 6.36. The minimum Gasteiger partial charge on any atom is -0.497 e. The van der Waals surface area contributed by atoms with Crippen LogP contribution in [-0.4, -0.2) is 17.3 Å². The Bertz CT molecular complexity index is 784. The van der Waals surface area contributed by atoms with Crippen LogP contribution >= 0.6 is 0 Å². The van der Waals surface area contributed by atoms with E-state index in [1.54, 1.807) is 7.11 Å². The lowest BCUT2D eigenvalue weighted by Gasteiger charge is -2.10. The fourth-order valence-electron chi connectivity index (χ4n) is 2.35. The topological polar surface area (TPSA) is 61.0 Å². The highest BCUT2D eigenvalue weighted by Crippen LogP contribution is 2.31. The van der Waals surface area contributed by atoms with Crippen LogP contribution < -0.4 is 10.5 Å². The molecule has 2 N–H and O–H groups in total. The second-order valence-electron chi connectivity index (χ2n) is 4.66. The number of nitrogens with zero attached hydrogens (tertiary/aromatic N) is 2. The maximum absolute atomic E-state index is 5.89. The molecule has 3 rings (SSSR count). The first-order valence-electron chi connectivity index (χ1n) is 6.36.